The molecule has 0 aliphatic rings. The van der Waals surface area contributed by atoms with Crippen molar-refractivity contribution in [2.75, 3.05) is 0 Å². The quantitative estimate of drug-likeness (QED) is 0.410. The second-order valence-corrected chi connectivity index (χ2v) is 10.5. The van der Waals surface area contributed by atoms with Gasteiger partial charge in [0.15, 0.2) is 0 Å². The van der Waals surface area contributed by atoms with Gasteiger partial charge in [0, 0.05) is 37.4 Å². The molecule has 0 aromatic heterocycles. The number of hydrogen-bond donors (Lipinski definition) is 3. The van der Waals surface area contributed by atoms with Gasteiger partial charge in [-0.2, -0.15) is 0 Å². The summed E-state index contributed by atoms with van der Waals surface area (Å²) in [5.74, 6) is 0.0202. The van der Waals surface area contributed by atoms with Crippen LogP contribution < -0.4 is 16.0 Å². The summed E-state index contributed by atoms with van der Waals surface area (Å²) < 4.78 is 0. The van der Waals surface area contributed by atoms with Crippen molar-refractivity contribution in [1.29, 1.82) is 0 Å². The van der Waals surface area contributed by atoms with E-state index in [0.717, 1.165) is 12.8 Å². The molecular weight excluding hydrogens is 378 g/mol. The van der Waals surface area contributed by atoms with Gasteiger partial charge in [0.05, 0.1) is 0 Å². The molecule has 0 fully saturated rings. The van der Waals surface area contributed by atoms with E-state index < -0.39 is 0 Å². The molecule has 0 saturated carbocycles. The third kappa shape index (κ3) is 9.94. The maximum atomic E-state index is 12.5. The summed E-state index contributed by atoms with van der Waals surface area (Å²) in [5.41, 5.74) is -0.520. The van der Waals surface area contributed by atoms with E-state index in [1.807, 2.05) is 13.8 Å². The van der Waals surface area contributed by atoms with Crippen LogP contribution in [0.4, 0.5) is 0 Å². The molecule has 0 rings (SSSR count). The van der Waals surface area contributed by atoms with Crippen LogP contribution in [0.3, 0.4) is 0 Å². The van der Waals surface area contributed by atoms with Gasteiger partial charge in [-0.05, 0) is 57.3 Å². The Morgan fingerprint density at radius 1 is 0.733 bits per heavy atom. The van der Waals surface area contributed by atoms with Gasteiger partial charge in [-0.3, -0.25) is 14.4 Å². The largest absolute Gasteiger partial charge is 0.353 e. The van der Waals surface area contributed by atoms with Gasteiger partial charge in [0.2, 0.25) is 17.7 Å². The predicted molar refractivity (Wildman–Crippen MR) is 124 cm³/mol. The van der Waals surface area contributed by atoms with Gasteiger partial charge in [-0.25, -0.2) is 0 Å². The summed E-state index contributed by atoms with van der Waals surface area (Å²) in [4.78, 5) is 36.2. The zero-order valence-electron chi connectivity index (χ0n) is 21.1. The first-order valence-corrected chi connectivity index (χ1v) is 11.5. The Morgan fingerprint density at radius 2 is 1.13 bits per heavy atom. The zero-order valence-corrected chi connectivity index (χ0v) is 21.1. The van der Waals surface area contributed by atoms with Gasteiger partial charge >= 0.3 is 0 Å². The molecule has 0 aliphatic carbocycles. The number of carbonyl (C=O) groups is 3. The van der Waals surface area contributed by atoms with Crippen LogP contribution in [0.25, 0.3) is 0 Å². The number of carbonyl (C=O) groups excluding carboxylic acids is 3. The van der Waals surface area contributed by atoms with E-state index >= 15 is 0 Å². The van der Waals surface area contributed by atoms with Gasteiger partial charge in [0.1, 0.15) is 0 Å². The standard InChI is InChI=1S/C24H47N3O3/c1-11-24(10,12-2)27-21(30)14-16-23(8,9)18(4)26-20(29)13-15-22(6,7)17(3)25-19(5)28/h17-18H,11-16H2,1-10H3,(H,25,28)(H,26,29)(H,27,30)/t17-,18+/m0/s1. The van der Waals surface area contributed by atoms with E-state index in [4.69, 9.17) is 0 Å². The van der Waals surface area contributed by atoms with Crippen molar-refractivity contribution >= 4 is 17.7 Å². The normalized spacial score (nSPS) is 14.6. The lowest BCUT2D eigenvalue weighted by Crippen LogP contribution is -2.47. The Labute approximate surface area is 184 Å². The summed E-state index contributed by atoms with van der Waals surface area (Å²) in [7, 11) is 0. The molecule has 0 spiro atoms. The van der Waals surface area contributed by atoms with Crippen molar-refractivity contribution in [3.63, 3.8) is 0 Å². The summed E-state index contributed by atoms with van der Waals surface area (Å²) in [6.07, 6.45) is 4.05. The SMILES string of the molecule is CCC(C)(CC)NC(=O)CCC(C)(C)[C@@H](C)NC(=O)CCC(C)(C)[C@H](C)NC(C)=O. The summed E-state index contributed by atoms with van der Waals surface area (Å²) >= 11 is 0. The molecule has 6 heteroatoms. The van der Waals surface area contributed by atoms with E-state index in [0.29, 0.717) is 25.7 Å². The molecule has 0 aromatic carbocycles. The van der Waals surface area contributed by atoms with Crippen LogP contribution in [0, 0.1) is 10.8 Å². The molecule has 176 valence electrons. The molecule has 30 heavy (non-hydrogen) atoms. The van der Waals surface area contributed by atoms with Crippen molar-refractivity contribution in [2.45, 2.75) is 125 Å². The number of rotatable bonds is 13. The first-order valence-electron chi connectivity index (χ1n) is 11.5. The van der Waals surface area contributed by atoms with Gasteiger partial charge in [0.25, 0.3) is 0 Å². The summed E-state index contributed by atoms with van der Waals surface area (Å²) in [5, 5.41) is 9.17. The summed E-state index contributed by atoms with van der Waals surface area (Å²) in [6.45, 7) is 20.0. The highest BCUT2D eigenvalue weighted by atomic mass is 16.2. The van der Waals surface area contributed by atoms with Gasteiger partial charge < -0.3 is 16.0 Å². The average molecular weight is 426 g/mol. The first-order chi connectivity index (χ1) is 13.6. The topological polar surface area (TPSA) is 87.3 Å². The predicted octanol–water partition coefficient (Wildman–Crippen LogP) is 4.32. The molecular formula is C24H47N3O3. The molecule has 0 unspecified atom stereocenters. The van der Waals surface area contributed by atoms with Gasteiger partial charge in [-0.1, -0.05) is 41.5 Å². The molecule has 3 N–H and O–H groups in total. The lowest BCUT2D eigenvalue weighted by molar-refractivity contribution is -0.123. The smallest absolute Gasteiger partial charge is 0.220 e. The highest BCUT2D eigenvalue weighted by Gasteiger charge is 2.31. The second kappa shape index (κ2) is 11.7. The maximum absolute atomic E-state index is 12.5. The average Bonchev–Trinajstić information content (AvgIpc) is 2.64. The lowest BCUT2D eigenvalue weighted by atomic mass is 9.79. The zero-order chi connectivity index (χ0) is 23.8. The molecule has 3 amide bonds. The maximum Gasteiger partial charge on any atom is 0.220 e. The highest BCUT2D eigenvalue weighted by molar-refractivity contribution is 5.77. The van der Waals surface area contributed by atoms with E-state index in [1.54, 1.807) is 0 Å². The Hall–Kier alpha value is -1.59. The third-order valence-electron chi connectivity index (χ3n) is 7.14. The lowest BCUT2D eigenvalue weighted by Gasteiger charge is -2.35. The van der Waals surface area contributed by atoms with Crippen LogP contribution in [0.15, 0.2) is 0 Å². The molecule has 0 radical (unpaired) electrons. The molecule has 2 atom stereocenters. The number of nitrogens with one attached hydrogen (secondary N) is 3. The monoisotopic (exact) mass is 425 g/mol. The van der Waals surface area contributed by atoms with Gasteiger partial charge in [-0.15, -0.1) is 0 Å². The van der Waals surface area contributed by atoms with Crippen LogP contribution >= 0.6 is 0 Å². The van der Waals surface area contributed by atoms with Crippen molar-refractivity contribution in [2.24, 2.45) is 10.8 Å². The minimum atomic E-state index is -0.194. The fourth-order valence-corrected chi connectivity index (χ4v) is 3.14. The second-order valence-electron chi connectivity index (χ2n) is 10.5. The van der Waals surface area contributed by atoms with E-state index in [-0.39, 0.29) is 46.2 Å². The third-order valence-corrected chi connectivity index (χ3v) is 7.14. The molecule has 0 heterocycles. The van der Waals surface area contributed by atoms with Crippen LogP contribution in [-0.4, -0.2) is 35.3 Å². The van der Waals surface area contributed by atoms with E-state index in [2.05, 4.69) is 64.4 Å². The van der Waals surface area contributed by atoms with Crippen LogP contribution in [0.2, 0.25) is 0 Å². The molecule has 0 saturated heterocycles. The molecule has 0 bridgehead atoms. The van der Waals surface area contributed by atoms with Crippen LogP contribution in [0.1, 0.15) is 108 Å². The van der Waals surface area contributed by atoms with Crippen LogP contribution in [-0.2, 0) is 14.4 Å². The Morgan fingerprint density at radius 3 is 1.53 bits per heavy atom. The van der Waals surface area contributed by atoms with E-state index in [1.165, 1.54) is 6.92 Å². The minimum absolute atomic E-state index is 0.00710. The Balaban J connectivity index is 4.61. The van der Waals surface area contributed by atoms with Crippen molar-refractivity contribution in [3.05, 3.63) is 0 Å². The van der Waals surface area contributed by atoms with Crippen molar-refractivity contribution in [3.8, 4) is 0 Å². The van der Waals surface area contributed by atoms with Crippen molar-refractivity contribution < 1.29 is 14.4 Å². The summed E-state index contributed by atoms with van der Waals surface area (Å²) in [6, 6.07) is -0.0514. The van der Waals surface area contributed by atoms with Crippen molar-refractivity contribution in [1.82, 2.24) is 16.0 Å². The first kappa shape index (κ1) is 28.4. The fraction of sp³-hybridized carbons (Fsp3) is 0.875. The minimum Gasteiger partial charge on any atom is -0.353 e. The Bertz CT molecular complexity index is 580. The molecule has 0 aliphatic heterocycles. The Kier molecular flexibility index (Phi) is 11.1. The van der Waals surface area contributed by atoms with Crippen LogP contribution in [0.5, 0.6) is 0 Å². The molecule has 6 nitrogen and oxygen atoms in total. The fourth-order valence-electron chi connectivity index (χ4n) is 3.14. The van der Waals surface area contributed by atoms with E-state index in [9.17, 15) is 14.4 Å². The molecule has 0 aromatic rings. The number of amides is 3. The highest BCUT2D eigenvalue weighted by Crippen LogP contribution is 2.29. The number of hydrogen-bond acceptors (Lipinski definition) is 3.